The first kappa shape index (κ1) is 9.33. The van der Waals surface area contributed by atoms with E-state index in [2.05, 4.69) is 24.5 Å². The summed E-state index contributed by atoms with van der Waals surface area (Å²) >= 11 is 0. The second-order valence-corrected chi connectivity index (χ2v) is 2.97. The molecule has 1 N–H and O–H groups in total. The minimum absolute atomic E-state index is 0.150. The van der Waals surface area contributed by atoms with Gasteiger partial charge in [0.05, 0.1) is 6.61 Å². The van der Waals surface area contributed by atoms with Crippen LogP contribution in [0.2, 0.25) is 0 Å². The highest BCUT2D eigenvalue weighted by atomic mass is 16.3. The van der Waals surface area contributed by atoms with Crippen LogP contribution < -0.4 is 0 Å². The third-order valence-electron chi connectivity index (χ3n) is 2.15. The summed E-state index contributed by atoms with van der Waals surface area (Å²) in [5.74, 6) is 0. The Morgan fingerprint density at radius 3 is 2.42 bits per heavy atom. The van der Waals surface area contributed by atoms with Crippen molar-refractivity contribution in [3.05, 3.63) is 23.5 Å². The van der Waals surface area contributed by atoms with E-state index in [4.69, 9.17) is 5.11 Å². The van der Waals surface area contributed by atoms with Crippen molar-refractivity contribution in [3.63, 3.8) is 0 Å². The lowest BCUT2D eigenvalue weighted by atomic mass is 10.2. The van der Waals surface area contributed by atoms with Crippen LogP contribution >= 0.6 is 0 Å². The van der Waals surface area contributed by atoms with E-state index in [1.54, 1.807) is 0 Å². The van der Waals surface area contributed by atoms with Crippen LogP contribution in [0.1, 0.15) is 31.7 Å². The summed E-state index contributed by atoms with van der Waals surface area (Å²) < 4.78 is 2.18. The molecule has 0 saturated heterocycles. The van der Waals surface area contributed by atoms with Gasteiger partial charge in [-0.1, -0.05) is 13.3 Å². The number of nitrogens with zero attached hydrogens (tertiary/aromatic N) is 1. The van der Waals surface area contributed by atoms with E-state index in [0.29, 0.717) is 0 Å². The number of hydrogen-bond donors (Lipinski definition) is 1. The van der Waals surface area contributed by atoms with Crippen molar-refractivity contribution in [1.29, 1.82) is 0 Å². The van der Waals surface area contributed by atoms with Crippen LogP contribution in [-0.2, 0) is 19.6 Å². The first-order valence-corrected chi connectivity index (χ1v) is 4.61. The van der Waals surface area contributed by atoms with Gasteiger partial charge in [0, 0.05) is 17.9 Å². The van der Waals surface area contributed by atoms with Gasteiger partial charge in [-0.3, -0.25) is 0 Å². The van der Waals surface area contributed by atoms with Gasteiger partial charge in [-0.15, -0.1) is 0 Å². The van der Waals surface area contributed by atoms with Gasteiger partial charge < -0.3 is 9.67 Å². The largest absolute Gasteiger partial charge is 0.390 e. The lowest BCUT2D eigenvalue weighted by Crippen LogP contribution is -2.04. The molecule has 0 aliphatic carbocycles. The summed E-state index contributed by atoms with van der Waals surface area (Å²) in [5.41, 5.74) is 2.37. The Kier molecular flexibility index (Phi) is 3.35. The molecule has 1 rings (SSSR count). The van der Waals surface area contributed by atoms with Crippen LogP contribution in [0.25, 0.3) is 0 Å². The molecule has 1 heterocycles. The minimum atomic E-state index is 0.150. The topological polar surface area (TPSA) is 25.2 Å². The third-order valence-corrected chi connectivity index (χ3v) is 2.15. The summed E-state index contributed by atoms with van der Waals surface area (Å²) in [6.45, 7) is 5.39. The van der Waals surface area contributed by atoms with Crippen molar-refractivity contribution in [1.82, 2.24) is 4.57 Å². The van der Waals surface area contributed by atoms with Crippen molar-refractivity contribution in [2.75, 3.05) is 0 Å². The maximum atomic E-state index is 9.01. The van der Waals surface area contributed by atoms with Crippen molar-refractivity contribution in [2.45, 2.75) is 39.8 Å². The van der Waals surface area contributed by atoms with E-state index < -0.39 is 0 Å². The second-order valence-electron chi connectivity index (χ2n) is 2.97. The molecule has 0 spiro atoms. The van der Waals surface area contributed by atoms with Crippen LogP contribution in [-0.4, -0.2) is 9.67 Å². The van der Waals surface area contributed by atoms with Gasteiger partial charge in [0.2, 0.25) is 0 Å². The van der Waals surface area contributed by atoms with Crippen LogP contribution in [0.3, 0.4) is 0 Å². The number of aliphatic hydroxyl groups is 1. The van der Waals surface area contributed by atoms with Crippen LogP contribution in [0.15, 0.2) is 12.1 Å². The normalized spacial score (nSPS) is 10.6. The molecule has 0 fully saturated rings. The highest BCUT2D eigenvalue weighted by Gasteiger charge is 2.03. The van der Waals surface area contributed by atoms with E-state index in [0.717, 1.165) is 25.1 Å². The maximum absolute atomic E-state index is 9.01. The predicted octanol–water partition coefficient (Wildman–Crippen LogP) is 1.95. The molecule has 0 amide bonds. The lowest BCUT2D eigenvalue weighted by Gasteiger charge is -2.08. The van der Waals surface area contributed by atoms with E-state index in [1.807, 2.05) is 6.07 Å². The fraction of sp³-hybridized carbons (Fsp3) is 0.600. The zero-order chi connectivity index (χ0) is 8.97. The maximum Gasteiger partial charge on any atom is 0.0832 e. The van der Waals surface area contributed by atoms with Gasteiger partial charge in [0.25, 0.3) is 0 Å². The van der Waals surface area contributed by atoms with Gasteiger partial charge >= 0.3 is 0 Å². The van der Waals surface area contributed by atoms with Gasteiger partial charge in [0.1, 0.15) is 0 Å². The molecule has 0 aliphatic rings. The smallest absolute Gasteiger partial charge is 0.0832 e. The minimum Gasteiger partial charge on any atom is -0.390 e. The van der Waals surface area contributed by atoms with Crippen molar-refractivity contribution in [2.24, 2.45) is 0 Å². The standard InChI is InChI=1S/C10H17NO/c1-3-5-9-6-7-10(8-12)11(9)4-2/h6-7,12H,3-5,8H2,1-2H3. The molecule has 0 aliphatic heterocycles. The first-order valence-electron chi connectivity index (χ1n) is 4.61. The zero-order valence-electron chi connectivity index (χ0n) is 7.88. The molecule has 0 aromatic carbocycles. The van der Waals surface area contributed by atoms with E-state index in [1.165, 1.54) is 5.69 Å². The fourth-order valence-corrected chi connectivity index (χ4v) is 1.58. The number of rotatable bonds is 4. The molecule has 1 aromatic heterocycles. The summed E-state index contributed by atoms with van der Waals surface area (Å²) in [6, 6.07) is 4.12. The molecule has 2 heteroatoms. The molecule has 0 bridgehead atoms. The number of aryl methyl sites for hydroxylation is 1. The molecular formula is C10H17NO. The monoisotopic (exact) mass is 167 g/mol. The Hall–Kier alpha value is -0.760. The Balaban J connectivity index is 2.88. The van der Waals surface area contributed by atoms with Crippen LogP contribution in [0.4, 0.5) is 0 Å². The van der Waals surface area contributed by atoms with Gasteiger partial charge in [0.15, 0.2) is 0 Å². The van der Waals surface area contributed by atoms with Gasteiger partial charge in [-0.2, -0.15) is 0 Å². The van der Waals surface area contributed by atoms with E-state index >= 15 is 0 Å². The molecule has 0 radical (unpaired) electrons. The molecule has 12 heavy (non-hydrogen) atoms. The number of hydrogen-bond acceptors (Lipinski definition) is 1. The Bertz CT molecular complexity index is 240. The van der Waals surface area contributed by atoms with Gasteiger partial charge in [-0.25, -0.2) is 0 Å². The SMILES string of the molecule is CCCc1ccc(CO)n1CC. The predicted molar refractivity (Wildman–Crippen MR) is 50.0 cm³/mol. The number of aliphatic hydroxyl groups excluding tert-OH is 1. The molecule has 0 saturated carbocycles. The average Bonchev–Trinajstić information content (AvgIpc) is 2.47. The van der Waals surface area contributed by atoms with Crippen molar-refractivity contribution >= 4 is 0 Å². The summed E-state index contributed by atoms with van der Waals surface area (Å²) in [7, 11) is 0. The molecule has 68 valence electrons. The fourth-order valence-electron chi connectivity index (χ4n) is 1.58. The first-order chi connectivity index (χ1) is 5.83. The van der Waals surface area contributed by atoms with E-state index in [-0.39, 0.29) is 6.61 Å². The zero-order valence-corrected chi connectivity index (χ0v) is 7.88. The molecule has 2 nitrogen and oxygen atoms in total. The number of aromatic nitrogens is 1. The Labute approximate surface area is 73.8 Å². The highest BCUT2D eigenvalue weighted by molar-refractivity contribution is 5.15. The average molecular weight is 167 g/mol. The quantitative estimate of drug-likeness (QED) is 0.728. The summed E-state index contributed by atoms with van der Waals surface area (Å²) in [4.78, 5) is 0. The molecule has 1 aromatic rings. The summed E-state index contributed by atoms with van der Waals surface area (Å²) in [5, 5.41) is 9.01. The Morgan fingerprint density at radius 1 is 1.25 bits per heavy atom. The Morgan fingerprint density at radius 2 is 1.92 bits per heavy atom. The second kappa shape index (κ2) is 4.31. The molecular weight excluding hydrogens is 150 g/mol. The molecule has 0 atom stereocenters. The lowest BCUT2D eigenvalue weighted by molar-refractivity contribution is 0.270. The highest BCUT2D eigenvalue weighted by Crippen LogP contribution is 2.11. The summed E-state index contributed by atoms with van der Waals surface area (Å²) in [6.07, 6.45) is 2.27. The van der Waals surface area contributed by atoms with Gasteiger partial charge in [-0.05, 0) is 25.5 Å². The van der Waals surface area contributed by atoms with E-state index in [9.17, 15) is 0 Å². The van der Waals surface area contributed by atoms with Crippen molar-refractivity contribution in [3.8, 4) is 0 Å². The molecule has 0 unspecified atom stereocenters. The van der Waals surface area contributed by atoms with Crippen LogP contribution in [0, 0.1) is 0 Å². The van der Waals surface area contributed by atoms with Crippen molar-refractivity contribution < 1.29 is 5.11 Å². The third kappa shape index (κ3) is 1.69. The van der Waals surface area contributed by atoms with Crippen LogP contribution in [0.5, 0.6) is 0 Å².